The van der Waals surface area contributed by atoms with E-state index in [1.807, 2.05) is 36.7 Å². The van der Waals surface area contributed by atoms with E-state index in [4.69, 9.17) is 4.74 Å². The molecule has 0 amide bonds. The highest BCUT2D eigenvalue weighted by Crippen LogP contribution is 2.23. The first kappa shape index (κ1) is 26.8. The summed E-state index contributed by atoms with van der Waals surface area (Å²) in [6.07, 6.45) is 17.5. The zero-order chi connectivity index (χ0) is 24.7. The third-order valence-electron chi connectivity index (χ3n) is 6.35. The van der Waals surface area contributed by atoms with E-state index in [2.05, 4.69) is 41.2 Å². The minimum atomic E-state index is -0.982. The number of nitrogens with zero attached hydrogens (tertiary/aromatic N) is 2. The van der Waals surface area contributed by atoms with E-state index in [9.17, 15) is 4.39 Å². The van der Waals surface area contributed by atoms with E-state index in [0.29, 0.717) is 5.75 Å². The Balaban J connectivity index is 1.40. The molecule has 0 aliphatic carbocycles. The summed E-state index contributed by atoms with van der Waals surface area (Å²) < 4.78 is 18.3. The van der Waals surface area contributed by atoms with Crippen molar-refractivity contribution >= 4 is 0 Å². The quantitative estimate of drug-likeness (QED) is 0.193. The first-order valence-electron chi connectivity index (χ1n) is 13.4. The number of aryl methyl sites for hydroxylation is 1. The van der Waals surface area contributed by atoms with E-state index in [0.717, 1.165) is 28.9 Å². The third-order valence-corrected chi connectivity index (χ3v) is 6.35. The van der Waals surface area contributed by atoms with Crippen LogP contribution in [-0.2, 0) is 6.42 Å². The molecule has 0 fully saturated rings. The van der Waals surface area contributed by atoms with Crippen molar-refractivity contribution in [1.82, 2.24) is 9.97 Å². The molecule has 3 rings (SSSR count). The van der Waals surface area contributed by atoms with Gasteiger partial charge in [0.1, 0.15) is 18.5 Å². The standard InChI is InChI=1S/C31H41FN2O/c1-3-4-5-6-7-8-9-10-11-12-13-26-14-16-28(17-15-26)31-33-22-29(23-34-31)27-18-20-30(21-19-27)35-24-25(2)32/h14-23,25H,3-13,24H2,1-2H3. The molecular weight excluding hydrogens is 435 g/mol. The molecule has 0 radical (unpaired) electrons. The normalized spacial score (nSPS) is 12.0. The molecule has 0 saturated heterocycles. The van der Waals surface area contributed by atoms with E-state index >= 15 is 0 Å². The van der Waals surface area contributed by atoms with Crippen LogP contribution in [-0.4, -0.2) is 22.7 Å². The van der Waals surface area contributed by atoms with Gasteiger partial charge in [-0.2, -0.15) is 0 Å². The number of unbranched alkanes of at least 4 members (excludes halogenated alkanes) is 9. The van der Waals surface area contributed by atoms with Gasteiger partial charge in [-0.15, -0.1) is 0 Å². The molecule has 1 atom stereocenters. The van der Waals surface area contributed by atoms with Crippen LogP contribution in [0, 0.1) is 0 Å². The molecule has 3 nitrogen and oxygen atoms in total. The summed E-state index contributed by atoms with van der Waals surface area (Å²) >= 11 is 0. The molecule has 0 spiro atoms. The summed E-state index contributed by atoms with van der Waals surface area (Å²) in [4.78, 5) is 9.14. The molecule has 0 saturated carbocycles. The van der Waals surface area contributed by atoms with Crippen molar-refractivity contribution in [3.05, 3.63) is 66.5 Å². The third kappa shape index (κ3) is 9.79. The maximum atomic E-state index is 12.9. The molecule has 2 aromatic carbocycles. The van der Waals surface area contributed by atoms with Crippen molar-refractivity contribution in [2.24, 2.45) is 0 Å². The Morgan fingerprint density at radius 2 is 1.23 bits per heavy atom. The minimum Gasteiger partial charge on any atom is -0.491 e. The maximum Gasteiger partial charge on any atom is 0.159 e. The van der Waals surface area contributed by atoms with Crippen LogP contribution in [0.1, 0.15) is 83.6 Å². The molecule has 1 heterocycles. The van der Waals surface area contributed by atoms with Gasteiger partial charge >= 0.3 is 0 Å². The fraction of sp³-hybridized carbons (Fsp3) is 0.484. The number of rotatable bonds is 16. The lowest BCUT2D eigenvalue weighted by molar-refractivity contribution is 0.210. The Labute approximate surface area is 211 Å². The molecule has 35 heavy (non-hydrogen) atoms. The van der Waals surface area contributed by atoms with Gasteiger partial charge in [-0.1, -0.05) is 101 Å². The fourth-order valence-corrected chi connectivity index (χ4v) is 4.22. The number of alkyl halides is 1. The van der Waals surface area contributed by atoms with Crippen LogP contribution in [0.15, 0.2) is 60.9 Å². The van der Waals surface area contributed by atoms with Gasteiger partial charge in [0.2, 0.25) is 0 Å². The lowest BCUT2D eigenvalue weighted by Crippen LogP contribution is -2.08. The number of benzene rings is 2. The molecule has 0 aliphatic heterocycles. The summed E-state index contributed by atoms with van der Waals surface area (Å²) in [5, 5.41) is 0. The van der Waals surface area contributed by atoms with Gasteiger partial charge in [-0.25, -0.2) is 14.4 Å². The first-order valence-corrected chi connectivity index (χ1v) is 13.4. The number of halogens is 1. The maximum absolute atomic E-state index is 12.9. The zero-order valence-corrected chi connectivity index (χ0v) is 21.5. The van der Waals surface area contributed by atoms with Crippen LogP contribution in [0.3, 0.4) is 0 Å². The van der Waals surface area contributed by atoms with Crippen LogP contribution in [0.4, 0.5) is 4.39 Å². The Morgan fingerprint density at radius 1 is 0.686 bits per heavy atom. The van der Waals surface area contributed by atoms with Crippen LogP contribution in [0.25, 0.3) is 22.5 Å². The van der Waals surface area contributed by atoms with Gasteiger partial charge in [0.15, 0.2) is 5.82 Å². The monoisotopic (exact) mass is 476 g/mol. The fourth-order valence-electron chi connectivity index (χ4n) is 4.22. The lowest BCUT2D eigenvalue weighted by Gasteiger charge is -2.08. The Morgan fingerprint density at radius 3 is 1.80 bits per heavy atom. The molecule has 4 heteroatoms. The summed E-state index contributed by atoms with van der Waals surface area (Å²) in [5.41, 5.74) is 4.36. The number of hydrogen-bond acceptors (Lipinski definition) is 3. The van der Waals surface area contributed by atoms with Gasteiger partial charge in [0.25, 0.3) is 0 Å². The Hall–Kier alpha value is -2.75. The van der Waals surface area contributed by atoms with E-state index in [1.165, 1.54) is 76.7 Å². The van der Waals surface area contributed by atoms with Crippen molar-refractivity contribution in [2.75, 3.05) is 6.61 Å². The molecular formula is C31H41FN2O. The van der Waals surface area contributed by atoms with Crippen LogP contribution >= 0.6 is 0 Å². The number of hydrogen-bond donors (Lipinski definition) is 0. The second kappa shape index (κ2) is 15.3. The highest BCUT2D eigenvalue weighted by molar-refractivity contribution is 5.64. The van der Waals surface area contributed by atoms with E-state index in [-0.39, 0.29) is 6.61 Å². The topological polar surface area (TPSA) is 35.0 Å². The van der Waals surface area contributed by atoms with Gasteiger partial charge in [0.05, 0.1) is 0 Å². The summed E-state index contributed by atoms with van der Waals surface area (Å²) in [7, 11) is 0. The molecule has 1 unspecified atom stereocenters. The molecule has 1 aromatic heterocycles. The van der Waals surface area contributed by atoms with Gasteiger partial charge in [-0.3, -0.25) is 0 Å². The molecule has 0 N–H and O–H groups in total. The SMILES string of the molecule is CCCCCCCCCCCCc1ccc(-c2ncc(-c3ccc(OCC(C)F)cc3)cn2)cc1. The average molecular weight is 477 g/mol. The number of ether oxygens (including phenoxy) is 1. The van der Waals surface area contributed by atoms with Crippen molar-refractivity contribution in [1.29, 1.82) is 0 Å². The molecule has 3 aromatic rings. The molecule has 0 bridgehead atoms. The number of aromatic nitrogens is 2. The minimum absolute atomic E-state index is 0.0647. The van der Waals surface area contributed by atoms with Crippen molar-refractivity contribution < 1.29 is 9.13 Å². The largest absolute Gasteiger partial charge is 0.491 e. The van der Waals surface area contributed by atoms with Gasteiger partial charge in [0, 0.05) is 23.5 Å². The lowest BCUT2D eigenvalue weighted by atomic mass is 10.0. The van der Waals surface area contributed by atoms with Crippen molar-refractivity contribution in [3.63, 3.8) is 0 Å². The molecule has 188 valence electrons. The Bertz CT molecular complexity index is 953. The predicted molar refractivity (Wildman–Crippen MR) is 145 cm³/mol. The van der Waals surface area contributed by atoms with Crippen molar-refractivity contribution in [2.45, 2.75) is 90.6 Å². The summed E-state index contributed by atoms with van der Waals surface area (Å²) in [5.74, 6) is 1.39. The average Bonchev–Trinajstić information content (AvgIpc) is 2.89. The van der Waals surface area contributed by atoms with E-state index < -0.39 is 6.17 Å². The zero-order valence-electron chi connectivity index (χ0n) is 21.5. The second-order valence-corrected chi connectivity index (χ2v) is 9.54. The first-order chi connectivity index (χ1) is 17.2. The predicted octanol–water partition coefficient (Wildman–Crippen LogP) is 9.01. The second-order valence-electron chi connectivity index (χ2n) is 9.54. The van der Waals surface area contributed by atoms with Gasteiger partial charge < -0.3 is 4.74 Å². The van der Waals surface area contributed by atoms with Crippen LogP contribution < -0.4 is 4.74 Å². The summed E-state index contributed by atoms with van der Waals surface area (Å²) in [6, 6.07) is 16.2. The van der Waals surface area contributed by atoms with Crippen LogP contribution in [0.5, 0.6) is 5.75 Å². The highest BCUT2D eigenvalue weighted by atomic mass is 19.1. The Kier molecular flexibility index (Phi) is 11.7. The van der Waals surface area contributed by atoms with E-state index in [1.54, 1.807) is 0 Å². The van der Waals surface area contributed by atoms with Crippen molar-refractivity contribution in [3.8, 4) is 28.3 Å². The van der Waals surface area contributed by atoms with Crippen LogP contribution in [0.2, 0.25) is 0 Å². The summed E-state index contributed by atoms with van der Waals surface area (Å²) in [6.45, 7) is 3.82. The smallest absolute Gasteiger partial charge is 0.159 e. The highest BCUT2D eigenvalue weighted by Gasteiger charge is 2.05. The molecule has 0 aliphatic rings. The van der Waals surface area contributed by atoms with Gasteiger partial charge in [-0.05, 0) is 43.0 Å².